The summed E-state index contributed by atoms with van der Waals surface area (Å²) in [5.74, 6) is 1.14. The third-order valence-electron chi connectivity index (χ3n) is 7.45. The van der Waals surface area contributed by atoms with Crippen LogP contribution in [0.5, 0.6) is 5.75 Å². The number of carbonyl (C=O) groups is 2. The summed E-state index contributed by atoms with van der Waals surface area (Å²) < 4.78 is 11.0. The Morgan fingerprint density at radius 3 is 2.81 bits per heavy atom. The fourth-order valence-electron chi connectivity index (χ4n) is 5.77. The predicted octanol–water partition coefficient (Wildman–Crippen LogP) is 3.29. The van der Waals surface area contributed by atoms with Crippen molar-refractivity contribution in [2.45, 2.75) is 31.7 Å². The standard InChI is InChI=1S/C26H31ClN6O4/c1-36-11-10-33-19-9-8-18(23(37-2)16(19)4-3-5-20(33)34)30-26-29-13-17(27)25(32-26)31-22-15-7-6-14(12-15)21(22)24(28)35/h6-9,13-15,21-22H,3-5,10-12H2,1-2H3,(H2,28,35)(H2,29,30,31,32). The first-order chi connectivity index (χ1) is 17.9. The van der Waals surface area contributed by atoms with Crippen molar-refractivity contribution in [3.63, 3.8) is 0 Å². The van der Waals surface area contributed by atoms with E-state index in [0.717, 1.165) is 24.1 Å². The summed E-state index contributed by atoms with van der Waals surface area (Å²) in [5.41, 5.74) is 8.15. The summed E-state index contributed by atoms with van der Waals surface area (Å²) in [6, 6.07) is 3.59. The Bertz CT molecular complexity index is 1240. The molecule has 1 saturated carbocycles. The molecule has 2 aromatic rings. The number of primary amides is 1. The molecule has 2 heterocycles. The molecule has 0 saturated heterocycles. The molecule has 1 aromatic carbocycles. The number of halogens is 1. The van der Waals surface area contributed by atoms with Crippen molar-refractivity contribution >= 4 is 46.6 Å². The molecule has 11 heteroatoms. The molecule has 4 atom stereocenters. The molecule has 0 radical (unpaired) electrons. The normalized spacial score (nSPS) is 24.1. The average Bonchev–Trinajstić information content (AvgIpc) is 3.44. The lowest BCUT2D eigenvalue weighted by Crippen LogP contribution is -2.41. The monoisotopic (exact) mass is 526 g/mol. The van der Waals surface area contributed by atoms with Gasteiger partial charge >= 0.3 is 0 Å². The number of anilines is 4. The van der Waals surface area contributed by atoms with Crippen LogP contribution in [0.1, 0.15) is 24.8 Å². The maximum absolute atomic E-state index is 12.7. The van der Waals surface area contributed by atoms with Crippen LogP contribution in [0.2, 0.25) is 5.02 Å². The first-order valence-electron chi connectivity index (χ1n) is 12.4. The van der Waals surface area contributed by atoms with Gasteiger partial charge in [-0.3, -0.25) is 9.59 Å². The zero-order chi connectivity index (χ0) is 26.1. The number of fused-ring (bicyclic) bond motifs is 3. The molecule has 2 amide bonds. The Morgan fingerprint density at radius 1 is 1.24 bits per heavy atom. The first-order valence-corrected chi connectivity index (χ1v) is 12.8. The second-order valence-electron chi connectivity index (χ2n) is 9.60. The fourth-order valence-corrected chi connectivity index (χ4v) is 5.92. The van der Waals surface area contributed by atoms with E-state index in [4.69, 9.17) is 26.8 Å². The molecule has 1 aliphatic heterocycles. The molecule has 37 heavy (non-hydrogen) atoms. The van der Waals surface area contributed by atoms with Gasteiger partial charge in [0.1, 0.15) is 10.8 Å². The number of nitrogens with one attached hydrogen (secondary N) is 2. The average molecular weight is 527 g/mol. The minimum Gasteiger partial charge on any atom is -0.494 e. The topological polar surface area (TPSA) is 132 Å². The number of ether oxygens (including phenoxy) is 2. The first kappa shape index (κ1) is 25.3. The lowest BCUT2D eigenvalue weighted by Gasteiger charge is -2.27. The molecule has 3 aliphatic rings. The van der Waals surface area contributed by atoms with E-state index < -0.39 is 0 Å². The molecule has 2 aliphatic carbocycles. The molecular formula is C26H31ClN6O4. The minimum atomic E-state index is -0.328. The van der Waals surface area contributed by atoms with Crippen LogP contribution in [-0.4, -0.2) is 55.2 Å². The van der Waals surface area contributed by atoms with Crippen LogP contribution < -0.4 is 26.0 Å². The Morgan fingerprint density at radius 2 is 2.05 bits per heavy atom. The van der Waals surface area contributed by atoms with Gasteiger partial charge in [0.05, 0.1) is 37.2 Å². The number of aromatic nitrogens is 2. The number of carbonyl (C=O) groups excluding carboxylic acids is 2. The van der Waals surface area contributed by atoms with Crippen molar-refractivity contribution in [2.24, 2.45) is 23.5 Å². The second kappa shape index (κ2) is 10.5. The van der Waals surface area contributed by atoms with Crippen molar-refractivity contribution in [1.29, 1.82) is 0 Å². The van der Waals surface area contributed by atoms with Gasteiger partial charge in [-0.15, -0.1) is 0 Å². The Kier molecular flexibility index (Phi) is 7.21. The van der Waals surface area contributed by atoms with Gasteiger partial charge in [0, 0.05) is 31.7 Å². The number of rotatable bonds is 9. The van der Waals surface area contributed by atoms with Gasteiger partial charge in [0.2, 0.25) is 17.8 Å². The molecular weight excluding hydrogens is 496 g/mol. The zero-order valence-electron chi connectivity index (χ0n) is 20.9. The molecule has 1 aromatic heterocycles. The van der Waals surface area contributed by atoms with Crippen LogP contribution >= 0.6 is 11.6 Å². The van der Waals surface area contributed by atoms with E-state index in [9.17, 15) is 9.59 Å². The molecule has 4 N–H and O–H groups in total. The Hall–Kier alpha value is -3.37. The molecule has 2 bridgehead atoms. The minimum absolute atomic E-state index is 0.0695. The molecule has 196 valence electrons. The van der Waals surface area contributed by atoms with Crippen molar-refractivity contribution in [2.75, 3.05) is 42.9 Å². The highest BCUT2D eigenvalue weighted by atomic mass is 35.5. The smallest absolute Gasteiger partial charge is 0.229 e. The maximum Gasteiger partial charge on any atom is 0.229 e. The van der Waals surface area contributed by atoms with Crippen LogP contribution in [0.15, 0.2) is 30.5 Å². The van der Waals surface area contributed by atoms with Gasteiger partial charge in [-0.2, -0.15) is 4.98 Å². The summed E-state index contributed by atoms with van der Waals surface area (Å²) in [7, 11) is 3.23. The van der Waals surface area contributed by atoms with Crippen molar-refractivity contribution in [3.8, 4) is 5.75 Å². The summed E-state index contributed by atoms with van der Waals surface area (Å²) in [5, 5.41) is 6.95. The summed E-state index contributed by atoms with van der Waals surface area (Å²) in [4.78, 5) is 35.6. The molecule has 0 spiro atoms. The number of methoxy groups -OCH3 is 2. The largest absolute Gasteiger partial charge is 0.494 e. The molecule has 5 rings (SSSR count). The van der Waals surface area contributed by atoms with E-state index in [1.54, 1.807) is 19.1 Å². The van der Waals surface area contributed by atoms with Gasteiger partial charge in [-0.05, 0) is 43.2 Å². The van der Waals surface area contributed by atoms with Crippen molar-refractivity contribution in [3.05, 3.63) is 41.1 Å². The number of nitrogens with two attached hydrogens (primary N) is 1. The lowest BCUT2D eigenvalue weighted by atomic mass is 9.88. The lowest BCUT2D eigenvalue weighted by molar-refractivity contribution is -0.122. The van der Waals surface area contributed by atoms with Crippen LogP contribution in [0.4, 0.5) is 23.1 Å². The van der Waals surface area contributed by atoms with E-state index in [0.29, 0.717) is 54.2 Å². The third-order valence-corrected chi connectivity index (χ3v) is 7.73. The van der Waals surface area contributed by atoms with Crippen LogP contribution in [0, 0.1) is 17.8 Å². The second-order valence-corrected chi connectivity index (χ2v) is 10.0. The van der Waals surface area contributed by atoms with Gasteiger partial charge < -0.3 is 30.7 Å². The number of hydrogen-bond donors (Lipinski definition) is 3. The van der Waals surface area contributed by atoms with E-state index in [-0.39, 0.29) is 35.6 Å². The highest BCUT2D eigenvalue weighted by Gasteiger charge is 2.47. The predicted molar refractivity (Wildman–Crippen MR) is 141 cm³/mol. The fraction of sp³-hybridized carbons (Fsp3) is 0.462. The maximum atomic E-state index is 12.7. The molecule has 4 unspecified atom stereocenters. The summed E-state index contributed by atoms with van der Waals surface area (Å²) in [6.45, 7) is 0.912. The van der Waals surface area contributed by atoms with Crippen LogP contribution in [0.25, 0.3) is 0 Å². The van der Waals surface area contributed by atoms with E-state index >= 15 is 0 Å². The summed E-state index contributed by atoms with van der Waals surface area (Å²) in [6.07, 6.45) is 8.48. The van der Waals surface area contributed by atoms with Crippen LogP contribution in [0.3, 0.4) is 0 Å². The molecule has 10 nitrogen and oxygen atoms in total. The molecule has 1 fully saturated rings. The third kappa shape index (κ3) is 4.83. The van der Waals surface area contributed by atoms with E-state index in [2.05, 4.69) is 32.8 Å². The Labute approximate surface area is 220 Å². The number of nitrogens with zero attached hydrogens (tertiary/aromatic N) is 3. The highest BCUT2D eigenvalue weighted by molar-refractivity contribution is 6.32. The highest BCUT2D eigenvalue weighted by Crippen LogP contribution is 2.45. The number of amides is 2. The SMILES string of the molecule is COCCN1C(=O)CCCc2c1ccc(Nc1ncc(Cl)c(NC3C4C=CC(C4)C3C(N)=O)n1)c2OC. The summed E-state index contributed by atoms with van der Waals surface area (Å²) >= 11 is 6.43. The van der Waals surface area contributed by atoms with Gasteiger partial charge in [-0.25, -0.2) is 4.98 Å². The van der Waals surface area contributed by atoms with Gasteiger partial charge in [-0.1, -0.05) is 23.8 Å². The van der Waals surface area contributed by atoms with E-state index in [1.165, 1.54) is 6.20 Å². The number of allylic oxidation sites excluding steroid dienone is 1. The van der Waals surface area contributed by atoms with Crippen molar-refractivity contribution in [1.82, 2.24) is 9.97 Å². The number of hydrogen-bond acceptors (Lipinski definition) is 8. The van der Waals surface area contributed by atoms with E-state index in [1.807, 2.05) is 12.1 Å². The quantitative estimate of drug-likeness (QED) is 0.424. The van der Waals surface area contributed by atoms with Crippen LogP contribution in [-0.2, 0) is 20.7 Å². The number of benzene rings is 1. The zero-order valence-corrected chi connectivity index (χ0v) is 21.6. The van der Waals surface area contributed by atoms with Gasteiger partial charge in [0.15, 0.2) is 5.82 Å². The Balaban J connectivity index is 1.42. The van der Waals surface area contributed by atoms with Gasteiger partial charge in [0.25, 0.3) is 0 Å². The van der Waals surface area contributed by atoms with Crippen molar-refractivity contribution < 1.29 is 19.1 Å².